The van der Waals surface area contributed by atoms with Crippen molar-refractivity contribution in [1.82, 2.24) is 9.80 Å². The second-order valence-corrected chi connectivity index (χ2v) is 9.43. The van der Waals surface area contributed by atoms with Crippen molar-refractivity contribution in [2.45, 2.75) is 57.5 Å². The number of ether oxygens (including phenoxy) is 1. The normalized spacial score (nSPS) is 30.0. The summed E-state index contributed by atoms with van der Waals surface area (Å²) in [5.74, 6) is 0.872. The number of carbonyl (C=O) groups excluding carboxylic acids is 2. The summed E-state index contributed by atoms with van der Waals surface area (Å²) in [5, 5.41) is 3.07. The highest BCUT2D eigenvalue weighted by atomic mass is 16.5. The first kappa shape index (κ1) is 20.6. The summed E-state index contributed by atoms with van der Waals surface area (Å²) in [6, 6.07) is 7.89. The van der Waals surface area contributed by atoms with Crippen molar-refractivity contribution >= 4 is 17.7 Å². The van der Waals surface area contributed by atoms with Gasteiger partial charge in [-0.15, -0.1) is 0 Å². The van der Waals surface area contributed by atoms with E-state index in [2.05, 4.69) is 21.2 Å². The molecular weight excluding hydrogens is 390 g/mol. The van der Waals surface area contributed by atoms with Crippen LogP contribution in [0.4, 0.5) is 10.5 Å². The van der Waals surface area contributed by atoms with Crippen LogP contribution in [0.2, 0.25) is 0 Å². The maximum absolute atomic E-state index is 13.3. The minimum atomic E-state index is -0.337. The molecule has 0 spiro atoms. The summed E-state index contributed by atoms with van der Waals surface area (Å²) in [7, 11) is 0. The molecule has 2 bridgehead atoms. The van der Waals surface area contributed by atoms with E-state index in [1.807, 2.05) is 0 Å². The Kier molecular flexibility index (Phi) is 5.74. The molecule has 3 fully saturated rings. The molecule has 5 rings (SSSR count). The third kappa shape index (κ3) is 3.98. The van der Waals surface area contributed by atoms with Gasteiger partial charge in [0.15, 0.2) is 0 Å². The minimum Gasteiger partial charge on any atom is -0.462 e. The van der Waals surface area contributed by atoms with Gasteiger partial charge in [0.05, 0.1) is 18.2 Å². The van der Waals surface area contributed by atoms with Gasteiger partial charge in [0, 0.05) is 24.8 Å². The molecule has 1 aromatic rings. The summed E-state index contributed by atoms with van der Waals surface area (Å²) in [6.07, 6.45) is 9.91. The quantitative estimate of drug-likeness (QED) is 0.582. The number of amides is 2. The Hall–Kier alpha value is -2.34. The molecule has 0 aromatic heterocycles. The number of urea groups is 1. The van der Waals surface area contributed by atoms with Crippen molar-refractivity contribution in [2.75, 3.05) is 31.6 Å². The molecule has 0 radical (unpaired) electrons. The Bertz CT molecular complexity index is 865. The maximum atomic E-state index is 13.3. The molecule has 4 aliphatic rings. The van der Waals surface area contributed by atoms with Crippen molar-refractivity contribution in [1.29, 1.82) is 0 Å². The molecule has 6 heteroatoms. The fourth-order valence-electron chi connectivity index (χ4n) is 6.30. The lowest BCUT2D eigenvalue weighted by Crippen LogP contribution is -2.60. The zero-order valence-electron chi connectivity index (χ0n) is 18.4. The molecule has 1 aromatic carbocycles. The number of piperidine rings is 3. The van der Waals surface area contributed by atoms with E-state index < -0.39 is 0 Å². The van der Waals surface area contributed by atoms with Crippen LogP contribution in [-0.4, -0.2) is 60.1 Å². The third-order valence-electron chi connectivity index (χ3n) is 7.57. The highest BCUT2D eigenvalue weighted by molar-refractivity contribution is 5.92. The van der Waals surface area contributed by atoms with Gasteiger partial charge in [0.1, 0.15) is 0 Å². The number of anilines is 1. The molecule has 4 atom stereocenters. The van der Waals surface area contributed by atoms with Crippen LogP contribution in [-0.2, 0) is 4.74 Å². The molecule has 1 aliphatic carbocycles. The SMILES string of the molecule is CCOC(=O)c1ccc(NC(=O)N2CCCC3=C[C@H]4C[C@H](CN5CCCC[C@@H]45)[C@@H]32)cc1. The summed E-state index contributed by atoms with van der Waals surface area (Å²) >= 11 is 0. The molecule has 3 aliphatic heterocycles. The Morgan fingerprint density at radius 3 is 2.77 bits per heavy atom. The van der Waals surface area contributed by atoms with Crippen LogP contribution in [0.25, 0.3) is 0 Å². The highest BCUT2D eigenvalue weighted by Gasteiger charge is 2.46. The first-order chi connectivity index (χ1) is 15.1. The molecule has 31 heavy (non-hydrogen) atoms. The van der Waals surface area contributed by atoms with Gasteiger partial charge >= 0.3 is 12.0 Å². The zero-order valence-corrected chi connectivity index (χ0v) is 18.4. The van der Waals surface area contributed by atoms with E-state index in [1.54, 1.807) is 31.2 Å². The van der Waals surface area contributed by atoms with Crippen molar-refractivity contribution in [3.63, 3.8) is 0 Å². The molecule has 2 amide bonds. The number of hydrogen-bond acceptors (Lipinski definition) is 4. The number of esters is 1. The predicted molar refractivity (Wildman–Crippen MR) is 120 cm³/mol. The average Bonchev–Trinajstić information content (AvgIpc) is 2.79. The van der Waals surface area contributed by atoms with E-state index in [4.69, 9.17) is 4.74 Å². The van der Waals surface area contributed by atoms with Gasteiger partial charge in [-0.3, -0.25) is 4.90 Å². The number of fused-ring (bicyclic) bond motifs is 6. The number of nitrogens with one attached hydrogen (secondary N) is 1. The Morgan fingerprint density at radius 2 is 1.97 bits per heavy atom. The van der Waals surface area contributed by atoms with Crippen molar-refractivity contribution in [3.8, 4) is 0 Å². The number of nitrogens with zero attached hydrogens (tertiary/aromatic N) is 2. The van der Waals surface area contributed by atoms with Gasteiger partial charge in [0.2, 0.25) is 0 Å². The average molecular weight is 424 g/mol. The second-order valence-electron chi connectivity index (χ2n) is 9.43. The van der Waals surface area contributed by atoms with Gasteiger partial charge in [-0.1, -0.05) is 18.1 Å². The molecule has 3 saturated heterocycles. The molecule has 0 unspecified atom stereocenters. The summed E-state index contributed by atoms with van der Waals surface area (Å²) in [5.41, 5.74) is 2.70. The van der Waals surface area contributed by atoms with Crippen LogP contribution in [0.5, 0.6) is 0 Å². The fraction of sp³-hybridized carbons (Fsp3) is 0.600. The van der Waals surface area contributed by atoms with E-state index in [1.165, 1.54) is 37.8 Å². The van der Waals surface area contributed by atoms with Gasteiger partial charge in [-0.25, -0.2) is 9.59 Å². The van der Waals surface area contributed by atoms with Crippen LogP contribution >= 0.6 is 0 Å². The van der Waals surface area contributed by atoms with E-state index >= 15 is 0 Å². The van der Waals surface area contributed by atoms with E-state index in [0.717, 1.165) is 32.0 Å². The minimum absolute atomic E-state index is 0.0290. The van der Waals surface area contributed by atoms with Gasteiger partial charge < -0.3 is 15.0 Å². The summed E-state index contributed by atoms with van der Waals surface area (Å²) in [6.45, 7) is 5.29. The number of rotatable bonds is 3. The topological polar surface area (TPSA) is 61.9 Å². The molecular formula is C25H33N3O3. The van der Waals surface area contributed by atoms with E-state index in [-0.39, 0.29) is 18.0 Å². The highest BCUT2D eigenvalue weighted by Crippen LogP contribution is 2.45. The van der Waals surface area contributed by atoms with Crippen LogP contribution in [0.1, 0.15) is 55.8 Å². The molecule has 0 saturated carbocycles. The maximum Gasteiger partial charge on any atom is 0.338 e. The molecule has 1 N–H and O–H groups in total. The van der Waals surface area contributed by atoms with E-state index in [0.29, 0.717) is 29.7 Å². The van der Waals surface area contributed by atoms with Gasteiger partial charge in [0.25, 0.3) is 0 Å². The third-order valence-corrected chi connectivity index (χ3v) is 7.57. The van der Waals surface area contributed by atoms with Gasteiger partial charge in [-0.05, 0) is 81.7 Å². The lowest BCUT2D eigenvalue weighted by molar-refractivity contribution is 0.00908. The van der Waals surface area contributed by atoms with Crippen LogP contribution < -0.4 is 5.32 Å². The Morgan fingerprint density at radius 1 is 1.13 bits per heavy atom. The summed E-state index contributed by atoms with van der Waals surface area (Å²) in [4.78, 5) is 29.9. The summed E-state index contributed by atoms with van der Waals surface area (Å²) < 4.78 is 5.03. The number of benzene rings is 1. The second kappa shape index (κ2) is 8.65. The lowest BCUT2D eigenvalue weighted by Gasteiger charge is -2.54. The lowest BCUT2D eigenvalue weighted by atomic mass is 9.68. The Balaban J connectivity index is 1.31. The predicted octanol–water partition coefficient (Wildman–Crippen LogP) is 4.29. The molecule has 6 nitrogen and oxygen atoms in total. The number of carbonyl (C=O) groups is 2. The van der Waals surface area contributed by atoms with Crippen molar-refractivity contribution in [3.05, 3.63) is 41.5 Å². The largest absolute Gasteiger partial charge is 0.462 e. The first-order valence-corrected chi connectivity index (χ1v) is 11.9. The fourth-order valence-corrected chi connectivity index (χ4v) is 6.30. The van der Waals surface area contributed by atoms with Gasteiger partial charge in [-0.2, -0.15) is 0 Å². The van der Waals surface area contributed by atoms with Crippen molar-refractivity contribution in [2.24, 2.45) is 11.8 Å². The standard InChI is InChI=1S/C25H33N3O3/c1-2-31-24(29)17-8-10-21(11-9-17)26-25(30)28-13-5-6-18-14-19-15-20(23(18)28)16-27-12-4-3-7-22(19)27/h8-11,14,19-20,22-23H,2-7,12-13,15-16H2,1H3,(H,26,30)/t19-,20+,22-,23+/m0/s1. The number of hydrogen-bond donors (Lipinski definition) is 1. The monoisotopic (exact) mass is 423 g/mol. The Labute approximate surface area is 184 Å². The van der Waals surface area contributed by atoms with Crippen LogP contribution in [0, 0.1) is 11.8 Å². The van der Waals surface area contributed by atoms with Crippen LogP contribution in [0.15, 0.2) is 35.9 Å². The molecule has 166 valence electrons. The van der Waals surface area contributed by atoms with Crippen LogP contribution in [0.3, 0.4) is 0 Å². The van der Waals surface area contributed by atoms with Crippen molar-refractivity contribution < 1.29 is 14.3 Å². The van der Waals surface area contributed by atoms with E-state index in [9.17, 15) is 9.59 Å². The smallest absolute Gasteiger partial charge is 0.338 e. The first-order valence-electron chi connectivity index (χ1n) is 11.9. The molecule has 3 heterocycles. The number of likely N-dealkylation sites (tertiary alicyclic amines) is 1. The zero-order chi connectivity index (χ0) is 21.4.